The number of carbonyl (C=O) groups excluding carboxylic acids is 2. The number of aliphatic hydroxyl groups is 1. The molecule has 4 N–H and O–H groups in total. The molecule has 39 heavy (non-hydrogen) atoms. The van der Waals surface area contributed by atoms with Crippen molar-refractivity contribution in [3.8, 4) is 17.2 Å². The lowest BCUT2D eigenvalue weighted by molar-refractivity contribution is -0.136. The first kappa shape index (κ1) is 30.3. The van der Waals surface area contributed by atoms with E-state index in [0.717, 1.165) is 3.57 Å². The van der Waals surface area contributed by atoms with E-state index in [-0.39, 0.29) is 12.2 Å². The number of hydrogen-bond donors (Lipinski definition) is 4. The Labute approximate surface area is 245 Å². The van der Waals surface area contributed by atoms with Gasteiger partial charge in [0.2, 0.25) is 0 Å². The Hall–Kier alpha value is -3.23. The monoisotopic (exact) mass is 672 g/mol. The number of amides is 2. The highest BCUT2D eigenvalue weighted by molar-refractivity contribution is 14.1. The fourth-order valence-corrected chi connectivity index (χ4v) is 5.00. The number of urea groups is 1. The van der Waals surface area contributed by atoms with Crippen molar-refractivity contribution in [2.24, 2.45) is 5.10 Å². The smallest absolute Gasteiger partial charge is 0.337 e. The van der Waals surface area contributed by atoms with Crippen molar-refractivity contribution in [3.05, 3.63) is 61.3 Å². The van der Waals surface area contributed by atoms with Gasteiger partial charge in [0, 0.05) is 16.3 Å². The Kier molecular flexibility index (Phi) is 11.1. The molecule has 0 saturated carbocycles. The molecular weight excluding hydrogens is 643 g/mol. The van der Waals surface area contributed by atoms with Crippen LogP contribution < -0.4 is 30.3 Å². The van der Waals surface area contributed by atoms with Crippen molar-refractivity contribution < 1.29 is 33.6 Å². The molecule has 11 nitrogen and oxygen atoms in total. The molecule has 2 aromatic carbocycles. The lowest BCUT2D eigenvalue weighted by atomic mass is 9.95. The zero-order valence-electron chi connectivity index (χ0n) is 21.8. The molecule has 0 unspecified atom stereocenters. The maximum atomic E-state index is 12.4. The number of hydrogen-bond acceptors (Lipinski definition) is 9. The SMILES string of the molecule is CCOc1cc([C@@H]2NC(=O)NC(C)=C2C(=O)OC)ccc1OC[C@@H](O)N/N=C/c1cc(Cl)cc(I)c1OCC. The minimum Gasteiger partial charge on any atom is -0.492 e. The van der Waals surface area contributed by atoms with E-state index < -0.39 is 24.3 Å². The molecule has 0 radical (unpaired) electrons. The number of hydrazone groups is 1. The number of benzene rings is 2. The summed E-state index contributed by atoms with van der Waals surface area (Å²) in [5.41, 5.74) is 4.51. The lowest BCUT2D eigenvalue weighted by Crippen LogP contribution is -2.45. The summed E-state index contributed by atoms with van der Waals surface area (Å²) in [4.78, 5) is 24.5. The zero-order chi connectivity index (χ0) is 28.5. The highest BCUT2D eigenvalue weighted by Crippen LogP contribution is 2.35. The summed E-state index contributed by atoms with van der Waals surface area (Å²) in [6, 6.07) is 7.30. The van der Waals surface area contributed by atoms with Gasteiger partial charge >= 0.3 is 12.0 Å². The van der Waals surface area contributed by atoms with Gasteiger partial charge < -0.3 is 34.7 Å². The second kappa shape index (κ2) is 14.2. The number of ether oxygens (including phenoxy) is 4. The number of allylic oxidation sites excluding steroid dienone is 1. The molecule has 1 heterocycles. The van der Waals surface area contributed by atoms with Crippen LogP contribution in [0.4, 0.5) is 4.79 Å². The van der Waals surface area contributed by atoms with Crippen molar-refractivity contribution in [2.45, 2.75) is 33.0 Å². The quantitative estimate of drug-likeness (QED) is 0.0877. The van der Waals surface area contributed by atoms with E-state index in [0.29, 0.717) is 52.3 Å². The van der Waals surface area contributed by atoms with E-state index in [9.17, 15) is 14.7 Å². The van der Waals surface area contributed by atoms with Gasteiger partial charge in [-0.1, -0.05) is 17.7 Å². The van der Waals surface area contributed by atoms with Gasteiger partial charge in [0.15, 0.2) is 17.7 Å². The number of aliphatic hydroxyl groups excluding tert-OH is 1. The summed E-state index contributed by atoms with van der Waals surface area (Å²) in [5, 5.41) is 20.3. The summed E-state index contributed by atoms with van der Waals surface area (Å²) in [6.07, 6.45) is 0.356. The third-order valence-corrected chi connectivity index (χ3v) is 6.44. The van der Waals surface area contributed by atoms with Crippen LogP contribution in [0.1, 0.15) is 37.9 Å². The molecular formula is C26H30ClIN4O7. The predicted octanol–water partition coefficient (Wildman–Crippen LogP) is 3.86. The van der Waals surface area contributed by atoms with Gasteiger partial charge in [-0.05, 0) is 73.2 Å². The van der Waals surface area contributed by atoms with Crippen molar-refractivity contribution in [2.75, 3.05) is 26.9 Å². The molecule has 0 bridgehead atoms. The number of rotatable bonds is 12. The second-order valence-electron chi connectivity index (χ2n) is 8.15. The Morgan fingerprint density at radius 3 is 2.64 bits per heavy atom. The van der Waals surface area contributed by atoms with Gasteiger partial charge in [0.05, 0.1) is 41.7 Å². The van der Waals surface area contributed by atoms with Crippen molar-refractivity contribution in [3.63, 3.8) is 0 Å². The van der Waals surface area contributed by atoms with Crippen molar-refractivity contribution in [1.82, 2.24) is 16.1 Å². The van der Waals surface area contributed by atoms with E-state index in [1.165, 1.54) is 13.3 Å². The number of esters is 1. The number of nitrogens with zero attached hydrogens (tertiary/aromatic N) is 1. The largest absolute Gasteiger partial charge is 0.492 e. The minimum atomic E-state index is -1.15. The summed E-state index contributed by atoms with van der Waals surface area (Å²) < 4.78 is 22.9. The summed E-state index contributed by atoms with van der Waals surface area (Å²) in [6.45, 7) is 5.98. The molecule has 0 aliphatic carbocycles. The van der Waals surface area contributed by atoms with Crippen LogP contribution in [0, 0.1) is 3.57 Å². The van der Waals surface area contributed by atoms with Gasteiger partial charge in [-0.15, -0.1) is 0 Å². The second-order valence-corrected chi connectivity index (χ2v) is 9.75. The molecule has 2 atom stereocenters. The van der Waals surface area contributed by atoms with Crippen LogP contribution in [0.3, 0.4) is 0 Å². The van der Waals surface area contributed by atoms with Crippen LogP contribution >= 0.6 is 34.2 Å². The molecule has 2 amide bonds. The van der Waals surface area contributed by atoms with Gasteiger partial charge in [-0.2, -0.15) is 5.10 Å². The van der Waals surface area contributed by atoms with Crippen molar-refractivity contribution in [1.29, 1.82) is 0 Å². The Morgan fingerprint density at radius 2 is 1.95 bits per heavy atom. The van der Waals surface area contributed by atoms with Crippen LogP contribution in [0.2, 0.25) is 5.02 Å². The van der Waals surface area contributed by atoms with Gasteiger partial charge in [0.1, 0.15) is 12.4 Å². The first-order valence-corrected chi connectivity index (χ1v) is 13.5. The average Bonchev–Trinajstić information content (AvgIpc) is 2.89. The van der Waals surface area contributed by atoms with Crippen LogP contribution in [-0.2, 0) is 9.53 Å². The van der Waals surface area contributed by atoms with Crippen LogP contribution in [-0.4, -0.2) is 56.5 Å². The van der Waals surface area contributed by atoms with E-state index in [2.05, 4.69) is 43.8 Å². The van der Waals surface area contributed by atoms with E-state index in [1.807, 2.05) is 13.8 Å². The average molecular weight is 673 g/mol. The molecule has 0 aromatic heterocycles. The standard InChI is InChI=1S/C26H30ClIN4O7/c1-5-37-20-10-15(23-22(25(34)36-4)14(3)30-26(35)31-23)7-8-19(20)39-13-21(33)32-29-12-16-9-17(27)11-18(28)24(16)38-6-2/h7-12,21,23,32-33H,5-6,13H2,1-4H3,(H2,30,31,35)/b29-12+/t21-,23+/m1/s1. The molecule has 13 heteroatoms. The highest BCUT2D eigenvalue weighted by Gasteiger charge is 2.32. The first-order valence-electron chi connectivity index (χ1n) is 12.0. The molecule has 3 rings (SSSR count). The predicted molar refractivity (Wildman–Crippen MR) is 154 cm³/mol. The molecule has 0 spiro atoms. The fraction of sp³-hybridized carbons (Fsp3) is 0.346. The van der Waals surface area contributed by atoms with E-state index >= 15 is 0 Å². The Morgan fingerprint density at radius 1 is 1.21 bits per heavy atom. The van der Waals surface area contributed by atoms with Crippen LogP contribution in [0.5, 0.6) is 17.2 Å². The summed E-state index contributed by atoms with van der Waals surface area (Å²) in [7, 11) is 1.27. The Balaban J connectivity index is 1.72. The maximum Gasteiger partial charge on any atom is 0.337 e. The zero-order valence-corrected chi connectivity index (χ0v) is 24.8. The maximum absolute atomic E-state index is 12.4. The number of carbonyl (C=O) groups is 2. The molecule has 2 aromatic rings. The molecule has 0 fully saturated rings. The number of halogens is 2. The lowest BCUT2D eigenvalue weighted by Gasteiger charge is -2.28. The van der Waals surface area contributed by atoms with E-state index in [4.69, 9.17) is 30.5 Å². The van der Waals surface area contributed by atoms with Crippen LogP contribution in [0.25, 0.3) is 0 Å². The van der Waals surface area contributed by atoms with E-state index in [1.54, 1.807) is 37.3 Å². The third-order valence-electron chi connectivity index (χ3n) is 5.43. The van der Waals surface area contributed by atoms with Crippen molar-refractivity contribution >= 4 is 52.4 Å². The third kappa shape index (κ3) is 7.90. The number of methoxy groups -OCH3 is 1. The Bertz CT molecular complexity index is 1270. The summed E-state index contributed by atoms with van der Waals surface area (Å²) in [5.74, 6) is 0.800. The molecule has 1 aliphatic rings. The van der Waals surface area contributed by atoms with Gasteiger partial charge in [-0.3, -0.25) is 5.43 Å². The minimum absolute atomic E-state index is 0.154. The normalized spacial score (nSPS) is 15.9. The van der Waals surface area contributed by atoms with Crippen LogP contribution in [0.15, 0.2) is 46.7 Å². The molecule has 0 saturated heterocycles. The topological polar surface area (TPSA) is 140 Å². The molecule has 1 aliphatic heterocycles. The first-order chi connectivity index (χ1) is 18.7. The highest BCUT2D eigenvalue weighted by atomic mass is 127. The molecule has 210 valence electrons. The number of nitrogens with one attached hydrogen (secondary N) is 3. The van der Waals surface area contributed by atoms with Gasteiger partial charge in [-0.25, -0.2) is 9.59 Å². The fourth-order valence-electron chi connectivity index (χ4n) is 3.79. The summed E-state index contributed by atoms with van der Waals surface area (Å²) >= 11 is 8.29. The van der Waals surface area contributed by atoms with Gasteiger partial charge in [0.25, 0.3) is 0 Å².